The van der Waals surface area contributed by atoms with Crippen molar-refractivity contribution in [3.63, 3.8) is 0 Å². The second-order valence-corrected chi connectivity index (χ2v) is 8.41. The average molecular weight is 489 g/mol. The van der Waals surface area contributed by atoms with Crippen LogP contribution in [0.4, 0.5) is 5.69 Å². The summed E-state index contributed by atoms with van der Waals surface area (Å²) in [5, 5.41) is 2.96. The minimum absolute atomic E-state index is 0.191. The number of carbonyl (C=O) groups excluding carboxylic acids is 3. The zero-order valence-corrected chi connectivity index (χ0v) is 20.4. The number of anilines is 1. The van der Waals surface area contributed by atoms with E-state index in [0.717, 1.165) is 5.56 Å². The van der Waals surface area contributed by atoms with Crippen LogP contribution < -0.4 is 24.4 Å². The lowest BCUT2D eigenvalue weighted by atomic mass is 10.1. The van der Waals surface area contributed by atoms with Crippen molar-refractivity contribution < 1.29 is 28.6 Å². The molecule has 0 fully saturated rings. The molecule has 1 aliphatic rings. The molecular weight excluding hydrogens is 460 g/mol. The second kappa shape index (κ2) is 10.9. The molecule has 0 spiro atoms. The van der Waals surface area contributed by atoms with Gasteiger partial charge in [-0.15, -0.1) is 0 Å². The van der Waals surface area contributed by atoms with Crippen LogP contribution in [0.15, 0.2) is 72.8 Å². The van der Waals surface area contributed by atoms with Gasteiger partial charge in [0.25, 0.3) is 5.91 Å². The number of para-hydroxylation sites is 2. The van der Waals surface area contributed by atoms with E-state index in [0.29, 0.717) is 28.5 Å². The Morgan fingerprint density at radius 3 is 2.42 bits per heavy atom. The minimum Gasteiger partial charge on any atom is -0.493 e. The maximum atomic E-state index is 13.1. The Balaban J connectivity index is 1.51. The highest BCUT2D eigenvalue weighted by molar-refractivity contribution is 6.06. The molecule has 0 saturated carbocycles. The molecule has 8 heteroatoms. The summed E-state index contributed by atoms with van der Waals surface area (Å²) in [7, 11) is 1.52. The quantitative estimate of drug-likeness (QED) is 0.459. The van der Waals surface area contributed by atoms with Gasteiger partial charge in [-0.25, -0.2) is 0 Å². The Morgan fingerprint density at radius 1 is 1.00 bits per heavy atom. The number of benzene rings is 3. The fraction of sp³-hybridized carbons (Fsp3) is 0.250. The van der Waals surface area contributed by atoms with Crippen LogP contribution in [0.3, 0.4) is 0 Å². The van der Waals surface area contributed by atoms with E-state index < -0.39 is 6.04 Å². The molecule has 8 nitrogen and oxygen atoms in total. The average Bonchev–Trinajstić information content (AvgIpc) is 2.91. The van der Waals surface area contributed by atoms with Crippen molar-refractivity contribution >= 4 is 23.3 Å². The van der Waals surface area contributed by atoms with Crippen LogP contribution in [-0.2, 0) is 9.59 Å². The highest BCUT2D eigenvalue weighted by Crippen LogP contribution is 2.35. The van der Waals surface area contributed by atoms with E-state index in [1.165, 1.54) is 12.0 Å². The molecule has 1 heterocycles. The molecule has 1 aliphatic heterocycles. The number of ether oxygens (including phenoxy) is 3. The Morgan fingerprint density at radius 2 is 1.69 bits per heavy atom. The molecule has 186 valence electrons. The van der Waals surface area contributed by atoms with Gasteiger partial charge in [-0.05, 0) is 49.7 Å². The molecular formula is C28H28N2O6. The standard InChI is InChI=1S/C28H28N2O6/c1-18(20-9-5-4-6-10-20)29-28(33)19(2)30-22-15-21(13-14-24(22)36-17-27(30)32)23(31)16-35-26-12-8-7-11-25(26)34-3/h4-15,18-19H,16-17H2,1-3H3,(H,29,33)/t18-,19-/m0/s1. The molecule has 0 aromatic heterocycles. The topological polar surface area (TPSA) is 94.2 Å². The predicted molar refractivity (Wildman–Crippen MR) is 135 cm³/mol. The highest BCUT2D eigenvalue weighted by atomic mass is 16.5. The smallest absolute Gasteiger partial charge is 0.265 e. The minimum atomic E-state index is -0.818. The lowest BCUT2D eigenvalue weighted by Gasteiger charge is -2.34. The van der Waals surface area contributed by atoms with Crippen LogP contribution >= 0.6 is 0 Å². The number of nitrogens with zero attached hydrogens (tertiary/aromatic N) is 1. The van der Waals surface area contributed by atoms with Gasteiger partial charge in [0.1, 0.15) is 11.8 Å². The van der Waals surface area contributed by atoms with Crippen molar-refractivity contribution in [3.05, 3.63) is 83.9 Å². The Hall–Kier alpha value is -4.33. The molecule has 3 aromatic carbocycles. The molecule has 2 amide bonds. The molecule has 3 aromatic rings. The fourth-order valence-electron chi connectivity index (χ4n) is 4.01. The molecule has 0 radical (unpaired) electrons. The largest absolute Gasteiger partial charge is 0.493 e. The summed E-state index contributed by atoms with van der Waals surface area (Å²) in [6.07, 6.45) is 0. The fourth-order valence-corrected chi connectivity index (χ4v) is 4.01. The summed E-state index contributed by atoms with van der Waals surface area (Å²) in [4.78, 5) is 40.2. The Labute approximate surface area is 209 Å². The van der Waals surface area contributed by atoms with Crippen molar-refractivity contribution in [2.24, 2.45) is 0 Å². The number of hydrogen-bond donors (Lipinski definition) is 1. The maximum absolute atomic E-state index is 13.1. The first-order valence-electron chi connectivity index (χ1n) is 11.6. The van der Waals surface area contributed by atoms with Gasteiger partial charge in [-0.3, -0.25) is 19.3 Å². The predicted octanol–water partition coefficient (Wildman–Crippen LogP) is 3.95. The number of nitrogens with one attached hydrogen (secondary N) is 1. The zero-order valence-electron chi connectivity index (χ0n) is 20.4. The normalized spacial score (nSPS) is 14.2. The number of methoxy groups -OCH3 is 1. The summed E-state index contributed by atoms with van der Waals surface area (Å²) in [6, 6.07) is 20.4. The van der Waals surface area contributed by atoms with Gasteiger partial charge in [0.15, 0.2) is 30.5 Å². The van der Waals surface area contributed by atoms with E-state index in [-0.39, 0.29) is 36.9 Å². The van der Waals surface area contributed by atoms with Gasteiger partial charge < -0.3 is 19.5 Å². The number of amides is 2. The second-order valence-electron chi connectivity index (χ2n) is 8.41. The number of fused-ring (bicyclic) bond motifs is 1. The Kier molecular flexibility index (Phi) is 7.53. The van der Waals surface area contributed by atoms with E-state index >= 15 is 0 Å². The van der Waals surface area contributed by atoms with Crippen LogP contribution in [0, 0.1) is 0 Å². The summed E-state index contributed by atoms with van der Waals surface area (Å²) < 4.78 is 16.5. The molecule has 36 heavy (non-hydrogen) atoms. The van der Waals surface area contributed by atoms with Gasteiger partial charge in [0.2, 0.25) is 5.91 Å². The van der Waals surface area contributed by atoms with Crippen LogP contribution in [0.1, 0.15) is 35.8 Å². The van der Waals surface area contributed by atoms with Crippen molar-refractivity contribution in [3.8, 4) is 17.2 Å². The summed E-state index contributed by atoms with van der Waals surface area (Å²) >= 11 is 0. The first kappa shape index (κ1) is 24.8. The molecule has 2 atom stereocenters. The lowest BCUT2D eigenvalue weighted by Crippen LogP contribution is -2.51. The van der Waals surface area contributed by atoms with Gasteiger partial charge in [0, 0.05) is 5.56 Å². The molecule has 4 rings (SSSR count). The number of rotatable bonds is 9. The van der Waals surface area contributed by atoms with E-state index in [4.69, 9.17) is 14.2 Å². The lowest BCUT2D eigenvalue weighted by molar-refractivity contribution is -0.127. The molecule has 0 saturated heterocycles. The van der Waals surface area contributed by atoms with E-state index in [1.54, 1.807) is 49.4 Å². The molecule has 0 bridgehead atoms. The van der Waals surface area contributed by atoms with Crippen molar-refractivity contribution in [1.29, 1.82) is 0 Å². The van der Waals surface area contributed by atoms with Crippen LogP contribution in [0.2, 0.25) is 0 Å². The van der Waals surface area contributed by atoms with E-state index in [1.807, 2.05) is 37.3 Å². The molecule has 1 N–H and O–H groups in total. The van der Waals surface area contributed by atoms with Crippen LogP contribution in [0.5, 0.6) is 17.2 Å². The summed E-state index contributed by atoms with van der Waals surface area (Å²) in [6.45, 7) is 3.12. The van der Waals surface area contributed by atoms with Crippen molar-refractivity contribution in [2.45, 2.75) is 25.9 Å². The van der Waals surface area contributed by atoms with Gasteiger partial charge >= 0.3 is 0 Å². The summed E-state index contributed by atoms with van der Waals surface area (Å²) in [5.41, 5.74) is 1.65. The number of hydrogen-bond acceptors (Lipinski definition) is 6. The molecule has 0 aliphatic carbocycles. The van der Waals surface area contributed by atoms with Gasteiger partial charge in [-0.2, -0.15) is 0 Å². The third kappa shape index (κ3) is 5.33. The van der Waals surface area contributed by atoms with Gasteiger partial charge in [-0.1, -0.05) is 42.5 Å². The maximum Gasteiger partial charge on any atom is 0.265 e. The number of Topliss-reactive ketones (excluding diaryl/α,β-unsaturated/α-hetero) is 1. The highest BCUT2D eigenvalue weighted by Gasteiger charge is 2.34. The van der Waals surface area contributed by atoms with Crippen LogP contribution in [0.25, 0.3) is 0 Å². The van der Waals surface area contributed by atoms with Crippen LogP contribution in [-0.4, -0.2) is 44.0 Å². The Bertz CT molecular complexity index is 1260. The van der Waals surface area contributed by atoms with Crippen molar-refractivity contribution in [1.82, 2.24) is 5.32 Å². The van der Waals surface area contributed by atoms with E-state index in [9.17, 15) is 14.4 Å². The van der Waals surface area contributed by atoms with Gasteiger partial charge in [0.05, 0.1) is 18.8 Å². The first-order valence-corrected chi connectivity index (χ1v) is 11.6. The monoisotopic (exact) mass is 488 g/mol. The zero-order chi connectivity index (χ0) is 25.7. The number of carbonyl (C=O) groups is 3. The SMILES string of the molecule is COc1ccccc1OCC(=O)c1ccc2c(c1)N([C@@H](C)C(=O)N[C@@H](C)c1ccccc1)C(=O)CO2. The third-order valence-corrected chi connectivity index (χ3v) is 6.01. The van der Waals surface area contributed by atoms with E-state index in [2.05, 4.69) is 5.32 Å². The summed E-state index contributed by atoms with van der Waals surface area (Å²) in [5.74, 6) is 0.412. The molecule has 0 unspecified atom stereocenters. The first-order chi connectivity index (χ1) is 17.4. The third-order valence-electron chi connectivity index (χ3n) is 6.01. The number of ketones is 1. The van der Waals surface area contributed by atoms with Crippen molar-refractivity contribution in [2.75, 3.05) is 25.2 Å².